The third-order valence-electron chi connectivity index (χ3n) is 3.98. The molecule has 2 aromatic rings. The van der Waals surface area contributed by atoms with Gasteiger partial charge >= 0.3 is 0 Å². The number of carbonyl (C=O) groups excluding carboxylic acids is 2. The van der Waals surface area contributed by atoms with Crippen molar-refractivity contribution in [3.63, 3.8) is 0 Å². The Morgan fingerprint density at radius 1 is 1.18 bits per heavy atom. The summed E-state index contributed by atoms with van der Waals surface area (Å²) in [6.45, 7) is 0. The van der Waals surface area contributed by atoms with E-state index in [1.807, 2.05) is 18.2 Å². The molecule has 0 radical (unpaired) electrons. The van der Waals surface area contributed by atoms with Crippen LogP contribution in [-0.4, -0.2) is 30.9 Å². The lowest BCUT2D eigenvalue weighted by molar-refractivity contribution is -0.118. The standard InChI is InChI=1S/C17H17N3O2/c1-18-17(22)14-8-13(9-19-10-14)11-3-5-15-12(7-11)4-6-16(21)20(15)2/h3,5,7-10H,4,6H2,1-2H3,(H,18,22). The number of fused-ring (bicyclic) bond motifs is 1. The number of nitrogens with one attached hydrogen (secondary N) is 1. The van der Waals surface area contributed by atoms with Crippen LogP contribution < -0.4 is 10.2 Å². The van der Waals surface area contributed by atoms with E-state index in [-0.39, 0.29) is 11.8 Å². The molecule has 0 spiro atoms. The summed E-state index contributed by atoms with van der Waals surface area (Å²) >= 11 is 0. The van der Waals surface area contributed by atoms with Gasteiger partial charge in [-0.2, -0.15) is 0 Å². The smallest absolute Gasteiger partial charge is 0.252 e. The minimum atomic E-state index is -0.155. The second kappa shape index (κ2) is 5.60. The number of hydrogen-bond acceptors (Lipinski definition) is 3. The summed E-state index contributed by atoms with van der Waals surface area (Å²) in [5.74, 6) is -0.0128. The van der Waals surface area contributed by atoms with Gasteiger partial charge in [0.05, 0.1) is 5.56 Å². The lowest BCUT2D eigenvalue weighted by Crippen LogP contribution is -2.30. The molecular formula is C17H17N3O2. The van der Waals surface area contributed by atoms with Crippen LogP contribution in [0.4, 0.5) is 5.69 Å². The molecule has 0 bridgehead atoms. The van der Waals surface area contributed by atoms with E-state index in [4.69, 9.17) is 0 Å². The van der Waals surface area contributed by atoms with E-state index in [1.165, 1.54) is 0 Å². The van der Waals surface area contributed by atoms with Crippen molar-refractivity contribution in [1.29, 1.82) is 0 Å². The second-order valence-electron chi connectivity index (χ2n) is 5.34. The molecule has 0 fully saturated rings. The minimum Gasteiger partial charge on any atom is -0.355 e. The molecule has 1 aliphatic rings. The molecule has 0 unspecified atom stereocenters. The summed E-state index contributed by atoms with van der Waals surface area (Å²) in [5.41, 5.74) is 4.52. The molecule has 22 heavy (non-hydrogen) atoms. The predicted octanol–water partition coefficient (Wildman–Crippen LogP) is 2.02. The molecule has 1 aromatic carbocycles. The lowest BCUT2D eigenvalue weighted by atomic mass is 9.96. The number of aromatic nitrogens is 1. The predicted molar refractivity (Wildman–Crippen MR) is 84.8 cm³/mol. The average molecular weight is 295 g/mol. The SMILES string of the molecule is CNC(=O)c1cncc(-c2ccc3c(c2)CCC(=O)N3C)c1. The summed E-state index contributed by atoms with van der Waals surface area (Å²) in [7, 11) is 3.40. The zero-order valence-electron chi connectivity index (χ0n) is 12.6. The summed E-state index contributed by atoms with van der Waals surface area (Å²) in [4.78, 5) is 29.3. The Hall–Kier alpha value is -2.69. The van der Waals surface area contributed by atoms with Gasteiger partial charge in [-0.3, -0.25) is 14.6 Å². The Kier molecular flexibility index (Phi) is 3.63. The van der Waals surface area contributed by atoms with E-state index in [0.717, 1.165) is 28.8 Å². The molecule has 1 aliphatic heterocycles. The fourth-order valence-electron chi connectivity index (χ4n) is 2.70. The highest BCUT2D eigenvalue weighted by atomic mass is 16.2. The van der Waals surface area contributed by atoms with E-state index in [2.05, 4.69) is 16.4 Å². The first-order valence-corrected chi connectivity index (χ1v) is 7.17. The molecule has 2 amide bonds. The van der Waals surface area contributed by atoms with E-state index in [0.29, 0.717) is 12.0 Å². The van der Waals surface area contributed by atoms with E-state index < -0.39 is 0 Å². The van der Waals surface area contributed by atoms with Gasteiger partial charge in [-0.25, -0.2) is 0 Å². The number of nitrogens with zero attached hydrogens (tertiary/aromatic N) is 2. The Morgan fingerprint density at radius 3 is 2.77 bits per heavy atom. The first-order chi connectivity index (χ1) is 10.6. The molecule has 2 heterocycles. The quantitative estimate of drug-likeness (QED) is 0.922. The van der Waals surface area contributed by atoms with Crippen LogP contribution in [0.1, 0.15) is 22.3 Å². The van der Waals surface area contributed by atoms with Gasteiger partial charge in [-0.15, -0.1) is 0 Å². The monoisotopic (exact) mass is 295 g/mol. The summed E-state index contributed by atoms with van der Waals surface area (Å²) in [6, 6.07) is 7.81. The fraction of sp³-hybridized carbons (Fsp3) is 0.235. The lowest BCUT2D eigenvalue weighted by Gasteiger charge is -2.26. The first kappa shape index (κ1) is 14.3. The number of amides is 2. The van der Waals surface area contributed by atoms with Crippen LogP contribution in [0.25, 0.3) is 11.1 Å². The fourth-order valence-corrected chi connectivity index (χ4v) is 2.70. The molecule has 112 valence electrons. The second-order valence-corrected chi connectivity index (χ2v) is 5.34. The van der Waals surface area contributed by atoms with Crippen molar-refractivity contribution in [3.8, 4) is 11.1 Å². The minimum absolute atomic E-state index is 0.142. The van der Waals surface area contributed by atoms with Crippen molar-refractivity contribution in [2.75, 3.05) is 19.0 Å². The molecule has 5 nitrogen and oxygen atoms in total. The van der Waals surface area contributed by atoms with Crippen LogP contribution in [-0.2, 0) is 11.2 Å². The van der Waals surface area contributed by atoms with E-state index >= 15 is 0 Å². The van der Waals surface area contributed by atoms with E-state index in [9.17, 15) is 9.59 Å². The molecule has 0 saturated heterocycles. The maximum absolute atomic E-state index is 11.7. The summed E-state index contributed by atoms with van der Waals surface area (Å²) < 4.78 is 0. The van der Waals surface area contributed by atoms with E-state index in [1.54, 1.807) is 31.4 Å². The zero-order chi connectivity index (χ0) is 15.7. The normalized spacial score (nSPS) is 13.7. The highest BCUT2D eigenvalue weighted by Crippen LogP contribution is 2.31. The Morgan fingerprint density at radius 2 is 2.00 bits per heavy atom. The van der Waals surface area contributed by atoms with Crippen LogP contribution in [0.5, 0.6) is 0 Å². The molecule has 0 aliphatic carbocycles. The molecule has 0 saturated carbocycles. The maximum atomic E-state index is 11.7. The highest BCUT2D eigenvalue weighted by molar-refractivity contribution is 5.97. The van der Waals surface area contributed by atoms with Gasteiger partial charge < -0.3 is 10.2 Å². The van der Waals surface area contributed by atoms with Crippen LogP contribution in [0.15, 0.2) is 36.7 Å². The zero-order valence-corrected chi connectivity index (χ0v) is 12.6. The Bertz CT molecular complexity index is 755. The molecular weight excluding hydrogens is 278 g/mol. The highest BCUT2D eigenvalue weighted by Gasteiger charge is 2.21. The number of rotatable bonds is 2. The molecule has 5 heteroatoms. The Balaban J connectivity index is 2.00. The summed E-state index contributed by atoms with van der Waals surface area (Å²) in [5, 5.41) is 2.60. The van der Waals surface area contributed by atoms with Gasteiger partial charge in [0.2, 0.25) is 5.91 Å². The number of carbonyl (C=O) groups is 2. The molecule has 0 atom stereocenters. The average Bonchev–Trinajstić information content (AvgIpc) is 2.57. The number of hydrogen-bond donors (Lipinski definition) is 1. The molecule has 1 aromatic heterocycles. The number of aryl methyl sites for hydroxylation is 1. The molecule has 1 N–H and O–H groups in total. The van der Waals surface area contributed by atoms with Crippen molar-refractivity contribution in [2.24, 2.45) is 0 Å². The van der Waals surface area contributed by atoms with Crippen molar-refractivity contribution in [1.82, 2.24) is 10.3 Å². The Labute approximate surface area is 129 Å². The molecule has 3 rings (SSSR count). The van der Waals surface area contributed by atoms with Crippen molar-refractivity contribution < 1.29 is 9.59 Å². The number of benzene rings is 1. The topological polar surface area (TPSA) is 62.3 Å². The third kappa shape index (κ3) is 2.45. The van der Waals surface area contributed by atoms with Crippen LogP contribution in [0.3, 0.4) is 0 Å². The van der Waals surface area contributed by atoms with Crippen molar-refractivity contribution >= 4 is 17.5 Å². The van der Waals surface area contributed by atoms with Crippen molar-refractivity contribution in [2.45, 2.75) is 12.8 Å². The number of pyridine rings is 1. The van der Waals surface area contributed by atoms with Crippen LogP contribution in [0.2, 0.25) is 0 Å². The van der Waals surface area contributed by atoms with Crippen LogP contribution in [0, 0.1) is 0 Å². The van der Waals surface area contributed by atoms with Crippen LogP contribution >= 0.6 is 0 Å². The van der Waals surface area contributed by atoms with Gasteiger partial charge in [0, 0.05) is 44.2 Å². The van der Waals surface area contributed by atoms with Crippen molar-refractivity contribution in [3.05, 3.63) is 47.8 Å². The van der Waals surface area contributed by atoms with Gasteiger partial charge in [0.15, 0.2) is 0 Å². The maximum Gasteiger partial charge on any atom is 0.252 e. The van der Waals surface area contributed by atoms with Gasteiger partial charge in [-0.05, 0) is 35.7 Å². The largest absolute Gasteiger partial charge is 0.355 e. The third-order valence-corrected chi connectivity index (χ3v) is 3.98. The summed E-state index contributed by atoms with van der Waals surface area (Å²) in [6.07, 6.45) is 4.57. The van der Waals surface area contributed by atoms with Gasteiger partial charge in [-0.1, -0.05) is 6.07 Å². The van der Waals surface area contributed by atoms with Gasteiger partial charge in [0.25, 0.3) is 5.91 Å². The van der Waals surface area contributed by atoms with Gasteiger partial charge in [0.1, 0.15) is 0 Å². The first-order valence-electron chi connectivity index (χ1n) is 7.17. The number of anilines is 1.